The summed E-state index contributed by atoms with van der Waals surface area (Å²) in [4.78, 5) is 26.1. The fourth-order valence-corrected chi connectivity index (χ4v) is 1.35. The van der Waals surface area contributed by atoms with E-state index in [4.69, 9.17) is 5.73 Å². The quantitative estimate of drug-likeness (QED) is 0.651. The summed E-state index contributed by atoms with van der Waals surface area (Å²) in [5.74, 6) is -0.752. The van der Waals surface area contributed by atoms with Gasteiger partial charge in [0.2, 0.25) is 0 Å². The number of carbonyl (C=O) groups excluding carboxylic acids is 2. The number of aromatic nitrogens is 1. The molecule has 0 aliphatic carbocycles. The summed E-state index contributed by atoms with van der Waals surface area (Å²) in [5, 5.41) is 2.38. The number of nitrogen functional groups attached to an aromatic ring is 1. The number of nitrogens with one attached hydrogen (secondary N) is 1. The van der Waals surface area contributed by atoms with E-state index in [0.29, 0.717) is 4.47 Å². The summed E-state index contributed by atoms with van der Waals surface area (Å²) in [6.07, 6.45) is -0.438. The van der Waals surface area contributed by atoms with Gasteiger partial charge in [0.15, 0.2) is 0 Å². The van der Waals surface area contributed by atoms with Crippen LogP contribution >= 0.6 is 23.8 Å². The van der Waals surface area contributed by atoms with Crippen LogP contribution in [0.3, 0.4) is 0 Å². The normalized spacial score (nSPS) is 9.24. The van der Waals surface area contributed by atoms with E-state index in [1.807, 2.05) is 5.63 Å². The molecule has 0 saturated carbocycles. The Morgan fingerprint density at radius 1 is 1.53 bits per heavy atom. The van der Waals surface area contributed by atoms with Gasteiger partial charge >= 0.3 is 106 Å². The van der Waals surface area contributed by atoms with Crippen LogP contribution in [0.15, 0.2) is 16.6 Å². The summed E-state index contributed by atoms with van der Waals surface area (Å²) in [6.45, 7) is 0. The van der Waals surface area contributed by atoms with Crippen LogP contribution in [-0.2, 0) is 14.2 Å². The molecule has 0 atom stereocenters. The molecule has 17 heavy (non-hydrogen) atoms. The zero-order chi connectivity index (χ0) is 12.8. The molecule has 0 spiro atoms. The number of nitrogens with two attached hydrogens (primary N) is 1. The number of halogens is 1. The first kappa shape index (κ1) is 13.6. The molecule has 0 unspecified atom stereocenters. The van der Waals surface area contributed by atoms with Gasteiger partial charge in [-0.3, -0.25) is 0 Å². The Bertz CT molecular complexity index is 570. The van der Waals surface area contributed by atoms with Crippen LogP contribution in [-0.4, -0.2) is 16.7 Å². The molecule has 6 nitrogen and oxygen atoms in total. The second-order valence-electron chi connectivity index (χ2n) is 2.91. The molecule has 3 N–H and O–H groups in total. The molecule has 1 aromatic rings. The Morgan fingerprint density at radius 2 is 2.24 bits per heavy atom. The third-order valence-electron chi connectivity index (χ3n) is 1.63. The number of hydrogen-bond acceptors (Lipinski definition) is 5. The van der Waals surface area contributed by atoms with E-state index in [1.54, 1.807) is 6.07 Å². The van der Waals surface area contributed by atoms with Gasteiger partial charge in [0.25, 0.3) is 0 Å². The van der Waals surface area contributed by atoms with Crippen molar-refractivity contribution >= 4 is 47.2 Å². The molecule has 0 aliphatic heterocycles. The van der Waals surface area contributed by atoms with Crippen LogP contribution in [0.1, 0.15) is 6.42 Å². The zero-order valence-corrected chi connectivity index (χ0v) is 10.9. The molecule has 0 aliphatic rings. The van der Waals surface area contributed by atoms with Gasteiger partial charge in [0, 0.05) is 0 Å². The van der Waals surface area contributed by atoms with E-state index in [-0.39, 0.29) is 11.6 Å². The Morgan fingerprint density at radius 3 is 2.82 bits per heavy atom. The van der Waals surface area contributed by atoms with Crippen molar-refractivity contribution in [2.24, 2.45) is 0 Å². The van der Waals surface area contributed by atoms with Gasteiger partial charge in [-0.15, -0.1) is 0 Å². The monoisotopic (exact) mass is 315 g/mol. The van der Waals surface area contributed by atoms with Gasteiger partial charge in [-0.25, -0.2) is 0 Å². The number of pyridine rings is 1. The first-order chi connectivity index (χ1) is 8.02. The van der Waals surface area contributed by atoms with E-state index in [0.717, 1.165) is 0 Å². The standard InChI is InChI=1S/C9H7BrN3O3P/c10-6-1-2-7(13-9(6)11)12-8(15)3-5(14)4-17-16/h1-2H,3H2,(H3,11,12,13,15). The summed E-state index contributed by atoms with van der Waals surface area (Å²) < 4.78 is 10.6. The Hall–Kier alpha value is -1.42. The number of anilines is 2. The van der Waals surface area contributed by atoms with Gasteiger partial charge in [-0.1, -0.05) is 0 Å². The summed E-state index contributed by atoms with van der Waals surface area (Å²) in [7, 11) is -0.539. The predicted molar refractivity (Wildman–Crippen MR) is 66.1 cm³/mol. The first-order valence-electron chi connectivity index (χ1n) is 4.36. The molecule has 0 fully saturated rings. The molecular formula is C9H7BrN3O3P. The van der Waals surface area contributed by atoms with Crippen LogP contribution in [0.25, 0.3) is 0 Å². The minimum atomic E-state index is -0.649. The van der Waals surface area contributed by atoms with Crippen LogP contribution in [0.4, 0.5) is 11.6 Å². The van der Waals surface area contributed by atoms with Gasteiger partial charge < -0.3 is 0 Å². The maximum atomic E-state index is 11.3. The Balaban J connectivity index is 2.67. The van der Waals surface area contributed by atoms with Crippen molar-refractivity contribution in [3.63, 3.8) is 0 Å². The molecule has 1 aromatic heterocycles. The number of Topliss-reactive ketones (excluding diaryl/α,β-unsaturated/α-hetero) is 1. The Kier molecular flexibility index (Phi) is 5.10. The maximum absolute atomic E-state index is 11.3. The molecule has 88 valence electrons. The van der Waals surface area contributed by atoms with Crippen LogP contribution in [0, 0.1) is 5.63 Å². The van der Waals surface area contributed by atoms with E-state index in [1.165, 1.54) is 6.07 Å². The molecule has 1 rings (SSSR count). The fraction of sp³-hybridized carbons (Fsp3) is 0.111. The molecule has 0 radical (unpaired) electrons. The predicted octanol–water partition coefficient (Wildman–Crippen LogP) is 1.57. The second kappa shape index (κ2) is 6.35. The van der Waals surface area contributed by atoms with Crippen molar-refractivity contribution < 1.29 is 14.2 Å². The van der Waals surface area contributed by atoms with E-state index < -0.39 is 26.0 Å². The number of ketones is 1. The first-order valence-corrected chi connectivity index (χ1v) is 5.96. The third kappa shape index (κ3) is 4.53. The molecule has 0 bridgehead atoms. The van der Waals surface area contributed by atoms with E-state index >= 15 is 0 Å². The molecule has 1 heterocycles. The third-order valence-corrected chi connectivity index (χ3v) is 2.64. The topological polar surface area (TPSA) is 102 Å². The molecule has 8 heteroatoms. The van der Waals surface area contributed by atoms with Gasteiger partial charge in [-0.2, -0.15) is 0 Å². The van der Waals surface area contributed by atoms with Crippen molar-refractivity contribution in [2.45, 2.75) is 6.42 Å². The number of amides is 1. The SMILES string of the molecule is Nc1nc(NC(=O)CC(=O)C#P=O)ccc1Br. The number of hydrogen-bond donors (Lipinski definition) is 2. The summed E-state index contributed by atoms with van der Waals surface area (Å²) >= 11 is 3.16. The molecule has 0 saturated heterocycles. The van der Waals surface area contributed by atoms with E-state index in [2.05, 4.69) is 26.2 Å². The second-order valence-corrected chi connectivity index (χ2v) is 4.18. The summed E-state index contributed by atoms with van der Waals surface area (Å²) in [5.41, 5.74) is 7.46. The van der Waals surface area contributed by atoms with Crippen LogP contribution in [0.5, 0.6) is 0 Å². The minimum absolute atomic E-state index is 0.227. The average molecular weight is 316 g/mol. The number of nitrogens with zero attached hydrogens (tertiary/aromatic N) is 1. The van der Waals surface area contributed by atoms with E-state index in [9.17, 15) is 14.2 Å². The van der Waals surface area contributed by atoms with Gasteiger partial charge in [0.05, 0.1) is 0 Å². The average Bonchev–Trinajstić information content (AvgIpc) is 2.23. The van der Waals surface area contributed by atoms with Crippen molar-refractivity contribution in [3.8, 4) is 5.63 Å². The Labute approximate surface area is 106 Å². The molecule has 0 aromatic carbocycles. The van der Waals surface area contributed by atoms with Crippen LogP contribution in [0.2, 0.25) is 0 Å². The summed E-state index contributed by atoms with van der Waals surface area (Å²) in [6, 6.07) is 3.15. The molecular weight excluding hydrogens is 309 g/mol. The van der Waals surface area contributed by atoms with Crippen LogP contribution < -0.4 is 11.1 Å². The number of rotatable bonds is 3. The van der Waals surface area contributed by atoms with Crippen molar-refractivity contribution in [1.29, 1.82) is 0 Å². The molecule has 1 amide bonds. The van der Waals surface area contributed by atoms with Gasteiger partial charge in [0.1, 0.15) is 0 Å². The zero-order valence-electron chi connectivity index (χ0n) is 8.44. The van der Waals surface area contributed by atoms with Crippen molar-refractivity contribution in [2.75, 3.05) is 11.1 Å². The van der Waals surface area contributed by atoms with Crippen molar-refractivity contribution in [1.82, 2.24) is 4.98 Å². The number of carbonyl (C=O) groups is 2. The van der Waals surface area contributed by atoms with Gasteiger partial charge in [-0.05, 0) is 0 Å². The van der Waals surface area contributed by atoms with Crippen molar-refractivity contribution in [3.05, 3.63) is 16.6 Å². The fourth-order valence-electron chi connectivity index (χ4n) is 0.951.